The number of nitrogens with one attached hydrogen (secondary N) is 1. The van der Waals surface area contributed by atoms with Gasteiger partial charge < -0.3 is 16.2 Å². The number of thioether (sulfide) groups is 1. The lowest BCUT2D eigenvalue weighted by atomic mass is 10.1. The van der Waals surface area contributed by atoms with Crippen LogP contribution in [0.3, 0.4) is 0 Å². The Labute approximate surface area is 117 Å². The molecular formula is C14H20N2O2S. The Morgan fingerprint density at radius 2 is 2.21 bits per heavy atom. The summed E-state index contributed by atoms with van der Waals surface area (Å²) in [6.45, 7) is 1.84. The fraction of sp³-hybridized carbons (Fsp3) is 0.500. The number of nitrogen functional groups attached to an aromatic ring is 1. The first-order valence-electron chi connectivity index (χ1n) is 6.45. The predicted molar refractivity (Wildman–Crippen MR) is 81.1 cm³/mol. The standard InChI is InChI=1S/C14H20N2O2S/c1-8-6-9(7-10(13(8)15)14(17)18)16-11-4-3-5-12(11)19-2/h6-7,11-12,16H,3-5,15H2,1-2H3,(H,17,18). The molecule has 1 aromatic carbocycles. The molecule has 2 rings (SSSR count). The molecule has 0 aromatic heterocycles. The van der Waals surface area contributed by atoms with Crippen LogP contribution in [0.25, 0.3) is 0 Å². The normalized spacial score (nSPS) is 22.4. The van der Waals surface area contributed by atoms with E-state index in [4.69, 9.17) is 10.8 Å². The van der Waals surface area contributed by atoms with Gasteiger partial charge in [-0.1, -0.05) is 6.42 Å². The molecule has 0 bridgehead atoms. The van der Waals surface area contributed by atoms with Crippen LogP contribution in [0.15, 0.2) is 12.1 Å². The Bertz CT molecular complexity index is 491. The molecule has 0 spiro atoms. The molecule has 2 atom stereocenters. The maximum Gasteiger partial charge on any atom is 0.337 e. The van der Waals surface area contributed by atoms with Crippen LogP contribution in [0.4, 0.5) is 11.4 Å². The molecule has 1 aromatic rings. The number of rotatable bonds is 4. The van der Waals surface area contributed by atoms with E-state index in [2.05, 4.69) is 11.6 Å². The van der Waals surface area contributed by atoms with Crippen molar-refractivity contribution in [3.05, 3.63) is 23.3 Å². The maximum atomic E-state index is 11.2. The summed E-state index contributed by atoms with van der Waals surface area (Å²) in [6.07, 6.45) is 5.71. The van der Waals surface area contributed by atoms with Gasteiger partial charge in [0.1, 0.15) is 0 Å². The zero-order valence-electron chi connectivity index (χ0n) is 11.3. The smallest absolute Gasteiger partial charge is 0.337 e. The Balaban J connectivity index is 2.23. The van der Waals surface area contributed by atoms with Gasteiger partial charge in [0.15, 0.2) is 0 Å². The van der Waals surface area contributed by atoms with E-state index in [9.17, 15) is 4.79 Å². The molecule has 4 nitrogen and oxygen atoms in total. The highest BCUT2D eigenvalue weighted by molar-refractivity contribution is 7.99. The van der Waals surface area contributed by atoms with Crippen molar-refractivity contribution in [1.29, 1.82) is 0 Å². The van der Waals surface area contributed by atoms with E-state index in [-0.39, 0.29) is 5.56 Å². The molecule has 1 aliphatic rings. The molecule has 0 saturated heterocycles. The van der Waals surface area contributed by atoms with Crippen LogP contribution in [-0.2, 0) is 0 Å². The van der Waals surface area contributed by atoms with E-state index >= 15 is 0 Å². The zero-order chi connectivity index (χ0) is 14.0. The molecule has 4 N–H and O–H groups in total. The molecule has 0 radical (unpaired) electrons. The Kier molecular flexibility index (Phi) is 4.24. The average molecular weight is 280 g/mol. The molecule has 0 aliphatic heterocycles. The van der Waals surface area contributed by atoms with Gasteiger partial charge in [-0.2, -0.15) is 11.8 Å². The number of aryl methyl sites for hydroxylation is 1. The monoisotopic (exact) mass is 280 g/mol. The van der Waals surface area contributed by atoms with E-state index in [1.54, 1.807) is 6.07 Å². The minimum absolute atomic E-state index is 0.182. The summed E-state index contributed by atoms with van der Waals surface area (Å²) in [6, 6.07) is 3.98. The first-order valence-corrected chi connectivity index (χ1v) is 7.74. The number of hydrogen-bond acceptors (Lipinski definition) is 4. The summed E-state index contributed by atoms with van der Waals surface area (Å²) < 4.78 is 0. The van der Waals surface area contributed by atoms with Crippen molar-refractivity contribution in [3.63, 3.8) is 0 Å². The van der Waals surface area contributed by atoms with Crippen molar-refractivity contribution in [2.45, 2.75) is 37.5 Å². The second kappa shape index (κ2) is 5.74. The molecule has 0 heterocycles. The summed E-state index contributed by atoms with van der Waals surface area (Å²) >= 11 is 1.87. The predicted octanol–water partition coefficient (Wildman–Crippen LogP) is 2.97. The maximum absolute atomic E-state index is 11.2. The van der Waals surface area contributed by atoms with Crippen molar-refractivity contribution in [2.24, 2.45) is 0 Å². The van der Waals surface area contributed by atoms with Gasteiger partial charge in [0.2, 0.25) is 0 Å². The lowest BCUT2D eigenvalue weighted by Gasteiger charge is -2.21. The van der Waals surface area contributed by atoms with Crippen LogP contribution in [0.2, 0.25) is 0 Å². The summed E-state index contributed by atoms with van der Waals surface area (Å²) in [5.74, 6) is -0.975. The van der Waals surface area contributed by atoms with E-state index in [0.29, 0.717) is 17.0 Å². The van der Waals surface area contributed by atoms with E-state index in [0.717, 1.165) is 17.7 Å². The van der Waals surface area contributed by atoms with Gasteiger partial charge >= 0.3 is 5.97 Å². The van der Waals surface area contributed by atoms with Gasteiger partial charge in [-0.05, 0) is 43.7 Å². The van der Waals surface area contributed by atoms with Crippen LogP contribution in [0.1, 0.15) is 35.2 Å². The zero-order valence-corrected chi connectivity index (χ0v) is 12.1. The number of nitrogens with two attached hydrogens (primary N) is 1. The molecule has 0 amide bonds. The summed E-state index contributed by atoms with van der Waals surface area (Å²) in [7, 11) is 0. The minimum Gasteiger partial charge on any atom is -0.478 e. The van der Waals surface area contributed by atoms with Crippen molar-refractivity contribution in [3.8, 4) is 0 Å². The molecule has 1 saturated carbocycles. The molecular weight excluding hydrogens is 260 g/mol. The molecule has 2 unspecified atom stereocenters. The lowest BCUT2D eigenvalue weighted by Crippen LogP contribution is -2.26. The third-order valence-corrected chi connectivity index (χ3v) is 4.89. The number of aromatic carboxylic acids is 1. The second-order valence-corrected chi connectivity index (χ2v) is 6.09. The third kappa shape index (κ3) is 2.97. The van der Waals surface area contributed by atoms with Crippen molar-refractivity contribution in [1.82, 2.24) is 0 Å². The van der Waals surface area contributed by atoms with Crippen LogP contribution in [-0.4, -0.2) is 28.6 Å². The quantitative estimate of drug-likeness (QED) is 0.739. The average Bonchev–Trinajstić information content (AvgIpc) is 2.80. The number of hydrogen-bond donors (Lipinski definition) is 3. The van der Waals surface area contributed by atoms with Crippen LogP contribution < -0.4 is 11.1 Å². The highest BCUT2D eigenvalue weighted by Crippen LogP contribution is 2.32. The number of anilines is 2. The van der Waals surface area contributed by atoms with Crippen molar-refractivity contribution in [2.75, 3.05) is 17.3 Å². The molecule has 104 valence electrons. The Hall–Kier alpha value is -1.36. The van der Waals surface area contributed by atoms with Crippen LogP contribution in [0.5, 0.6) is 0 Å². The molecule has 5 heteroatoms. The van der Waals surface area contributed by atoms with E-state index in [1.807, 2.05) is 24.8 Å². The van der Waals surface area contributed by atoms with Gasteiger partial charge in [0.05, 0.1) is 5.56 Å². The Morgan fingerprint density at radius 1 is 1.47 bits per heavy atom. The molecule has 1 aliphatic carbocycles. The number of carboxylic acids is 1. The molecule has 19 heavy (non-hydrogen) atoms. The van der Waals surface area contributed by atoms with Gasteiger partial charge in [-0.3, -0.25) is 0 Å². The fourth-order valence-corrected chi connectivity index (χ4v) is 3.58. The lowest BCUT2D eigenvalue weighted by molar-refractivity contribution is 0.0698. The van der Waals surface area contributed by atoms with E-state index < -0.39 is 5.97 Å². The number of carbonyl (C=O) groups is 1. The highest BCUT2D eigenvalue weighted by Gasteiger charge is 2.26. The number of carboxylic acid groups (broad SMARTS) is 1. The van der Waals surface area contributed by atoms with Gasteiger partial charge in [0.25, 0.3) is 0 Å². The van der Waals surface area contributed by atoms with Gasteiger partial charge in [-0.25, -0.2) is 4.79 Å². The largest absolute Gasteiger partial charge is 0.478 e. The second-order valence-electron chi connectivity index (χ2n) is 5.02. The van der Waals surface area contributed by atoms with Crippen molar-refractivity contribution >= 4 is 29.1 Å². The minimum atomic E-state index is -0.975. The Morgan fingerprint density at radius 3 is 2.84 bits per heavy atom. The van der Waals surface area contributed by atoms with E-state index in [1.165, 1.54) is 12.8 Å². The number of benzene rings is 1. The summed E-state index contributed by atoms with van der Waals surface area (Å²) in [4.78, 5) is 11.2. The SMILES string of the molecule is CSC1CCCC1Nc1cc(C)c(N)c(C(=O)O)c1. The van der Waals surface area contributed by atoms with Crippen molar-refractivity contribution < 1.29 is 9.90 Å². The fourth-order valence-electron chi connectivity index (χ4n) is 2.65. The summed E-state index contributed by atoms with van der Waals surface area (Å²) in [5, 5.41) is 13.2. The first-order chi connectivity index (χ1) is 9.02. The highest BCUT2D eigenvalue weighted by atomic mass is 32.2. The first kappa shape index (κ1) is 14.1. The third-order valence-electron chi connectivity index (χ3n) is 3.72. The van der Waals surface area contributed by atoms with Gasteiger partial charge in [0, 0.05) is 22.7 Å². The molecule has 1 fully saturated rings. The topological polar surface area (TPSA) is 75.3 Å². The van der Waals surface area contributed by atoms with Gasteiger partial charge in [-0.15, -0.1) is 0 Å². The van der Waals surface area contributed by atoms with Crippen LogP contribution >= 0.6 is 11.8 Å². The summed E-state index contributed by atoms with van der Waals surface area (Å²) in [5.41, 5.74) is 8.00. The van der Waals surface area contributed by atoms with Crippen LogP contribution in [0, 0.1) is 6.92 Å².